The van der Waals surface area contributed by atoms with Gasteiger partial charge < -0.3 is 5.32 Å². The minimum Gasteiger partial charge on any atom is -0.313 e. The summed E-state index contributed by atoms with van der Waals surface area (Å²) in [7, 11) is -2.91. The molecule has 0 fully saturated rings. The molecule has 0 saturated heterocycles. The summed E-state index contributed by atoms with van der Waals surface area (Å²) in [5.41, 5.74) is 0. The van der Waals surface area contributed by atoms with Gasteiger partial charge in [0.25, 0.3) is 0 Å². The molecule has 0 heterocycles. The van der Waals surface area contributed by atoms with Crippen molar-refractivity contribution in [3.63, 3.8) is 0 Å². The van der Waals surface area contributed by atoms with Crippen molar-refractivity contribution in [3.8, 4) is 0 Å². The van der Waals surface area contributed by atoms with Crippen molar-refractivity contribution < 1.29 is 8.42 Å². The molecule has 0 aliphatic heterocycles. The molecule has 2 unspecified atom stereocenters. The maximum atomic E-state index is 11.8. The first-order valence-corrected chi connectivity index (χ1v) is 7.12. The van der Waals surface area contributed by atoms with E-state index < -0.39 is 9.84 Å². The Kier molecular flexibility index (Phi) is 6.36. The van der Waals surface area contributed by atoms with Gasteiger partial charge in [0.1, 0.15) is 0 Å². The molecule has 1 N–H and O–H groups in total. The number of nitrogens with one attached hydrogen (secondary N) is 1. The monoisotopic (exact) mass is 221 g/mol. The summed E-state index contributed by atoms with van der Waals surface area (Å²) in [6, 6.07) is 0.0434. The van der Waals surface area contributed by atoms with Crippen LogP contribution in [0.3, 0.4) is 0 Å². The number of unbranched alkanes of at least 4 members (excludes halogenated alkanes) is 1. The Bertz CT molecular complexity index is 237. The van der Waals surface area contributed by atoms with Crippen LogP contribution in [0.4, 0.5) is 0 Å². The third-order valence-electron chi connectivity index (χ3n) is 2.58. The topological polar surface area (TPSA) is 46.2 Å². The molecule has 0 spiro atoms. The predicted molar refractivity (Wildman–Crippen MR) is 61.3 cm³/mol. The minimum atomic E-state index is -2.91. The molecule has 0 saturated carbocycles. The van der Waals surface area contributed by atoms with Gasteiger partial charge in [0, 0.05) is 6.04 Å². The minimum absolute atomic E-state index is 0.0434. The first-order chi connectivity index (χ1) is 6.45. The van der Waals surface area contributed by atoms with Gasteiger partial charge in [-0.25, -0.2) is 8.42 Å². The van der Waals surface area contributed by atoms with E-state index >= 15 is 0 Å². The fraction of sp³-hybridized carbons (Fsp3) is 1.00. The van der Waals surface area contributed by atoms with E-state index in [1.54, 1.807) is 6.92 Å². The van der Waals surface area contributed by atoms with Crippen LogP contribution in [0.15, 0.2) is 0 Å². The van der Waals surface area contributed by atoms with Crippen molar-refractivity contribution in [2.75, 3.05) is 12.3 Å². The van der Waals surface area contributed by atoms with Crippen LogP contribution in [0, 0.1) is 0 Å². The molecule has 0 radical (unpaired) electrons. The fourth-order valence-electron chi connectivity index (χ4n) is 1.33. The highest BCUT2D eigenvalue weighted by Crippen LogP contribution is 2.09. The largest absolute Gasteiger partial charge is 0.313 e. The molecule has 3 nitrogen and oxygen atoms in total. The quantitative estimate of drug-likeness (QED) is 0.710. The van der Waals surface area contributed by atoms with Gasteiger partial charge in [0.15, 0.2) is 9.84 Å². The Labute approximate surface area is 88.2 Å². The van der Waals surface area contributed by atoms with Gasteiger partial charge in [0.05, 0.1) is 11.0 Å². The average Bonchev–Trinajstić information content (AvgIpc) is 2.14. The molecule has 0 aliphatic rings. The van der Waals surface area contributed by atoms with Crippen LogP contribution in [0.1, 0.15) is 40.5 Å². The third-order valence-corrected chi connectivity index (χ3v) is 4.98. The summed E-state index contributed by atoms with van der Waals surface area (Å²) in [5, 5.41) is 2.87. The smallest absolute Gasteiger partial charge is 0.154 e. The summed E-state index contributed by atoms with van der Waals surface area (Å²) in [6.07, 6.45) is 1.70. The van der Waals surface area contributed by atoms with Gasteiger partial charge in [-0.1, -0.05) is 20.3 Å². The van der Waals surface area contributed by atoms with Crippen molar-refractivity contribution in [2.24, 2.45) is 0 Å². The standard InChI is InChI=1S/C10H23NO2S/c1-5-7-8-14(12,13)10(4)9(3)11-6-2/h9-11H,5-8H2,1-4H3. The molecule has 4 heteroatoms. The second-order valence-electron chi connectivity index (χ2n) is 3.77. The molecule has 0 aliphatic carbocycles. The maximum Gasteiger partial charge on any atom is 0.154 e. The highest BCUT2D eigenvalue weighted by atomic mass is 32.2. The molecule has 0 bridgehead atoms. The predicted octanol–water partition coefficient (Wildman–Crippen LogP) is 1.59. The van der Waals surface area contributed by atoms with Gasteiger partial charge in [0.2, 0.25) is 0 Å². The second-order valence-corrected chi connectivity index (χ2v) is 6.25. The number of hydrogen-bond acceptors (Lipinski definition) is 3. The van der Waals surface area contributed by atoms with E-state index in [1.165, 1.54) is 0 Å². The Morgan fingerprint density at radius 2 is 1.79 bits per heavy atom. The zero-order chi connectivity index (χ0) is 11.2. The maximum absolute atomic E-state index is 11.8. The van der Waals surface area contributed by atoms with E-state index in [2.05, 4.69) is 5.32 Å². The lowest BCUT2D eigenvalue weighted by Gasteiger charge is -2.20. The summed E-state index contributed by atoms with van der Waals surface area (Å²) < 4.78 is 23.5. The Balaban J connectivity index is 4.27. The molecule has 86 valence electrons. The van der Waals surface area contributed by atoms with E-state index in [0.717, 1.165) is 19.4 Å². The molecule has 0 aromatic carbocycles. The van der Waals surface area contributed by atoms with Crippen LogP contribution in [0.5, 0.6) is 0 Å². The average molecular weight is 221 g/mol. The molecule has 0 rings (SSSR count). The molecule has 14 heavy (non-hydrogen) atoms. The van der Waals surface area contributed by atoms with Gasteiger partial charge in [-0.05, 0) is 26.8 Å². The van der Waals surface area contributed by atoms with Crippen LogP contribution in [0.25, 0.3) is 0 Å². The SMILES string of the molecule is CCCCS(=O)(=O)C(C)C(C)NCC. The first kappa shape index (κ1) is 13.9. The van der Waals surface area contributed by atoms with Crippen molar-refractivity contribution >= 4 is 9.84 Å². The van der Waals surface area contributed by atoms with Crippen LogP contribution in [-0.4, -0.2) is 32.0 Å². The van der Waals surface area contributed by atoms with Crippen LogP contribution in [-0.2, 0) is 9.84 Å². The van der Waals surface area contributed by atoms with E-state index in [4.69, 9.17) is 0 Å². The van der Waals surface area contributed by atoms with Crippen molar-refractivity contribution in [1.29, 1.82) is 0 Å². The molecule has 0 aromatic rings. The van der Waals surface area contributed by atoms with Gasteiger partial charge >= 0.3 is 0 Å². The zero-order valence-electron chi connectivity index (χ0n) is 9.71. The molecular formula is C10H23NO2S. The Morgan fingerprint density at radius 1 is 1.21 bits per heavy atom. The van der Waals surface area contributed by atoms with Gasteiger partial charge in [-0.3, -0.25) is 0 Å². The van der Waals surface area contributed by atoms with Crippen molar-refractivity contribution in [2.45, 2.75) is 51.8 Å². The second kappa shape index (κ2) is 6.40. The number of hydrogen-bond donors (Lipinski definition) is 1. The van der Waals surface area contributed by atoms with Gasteiger partial charge in [-0.15, -0.1) is 0 Å². The normalized spacial score (nSPS) is 16.6. The van der Waals surface area contributed by atoms with E-state index in [1.807, 2.05) is 20.8 Å². The van der Waals surface area contributed by atoms with Crippen LogP contribution in [0.2, 0.25) is 0 Å². The molecule has 0 amide bonds. The summed E-state index contributed by atoms with van der Waals surface area (Å²) in [6.45, 7) is 8.53. The lowest BCUT2D eigenvalue weighted by Crippen LogP contribution is -2.41. The molecule has 0 aromatic heterocycles. The van der Waals surface area contributed by atoms with E-state index in [9.17, 15) is 8.42 Å². The zero-order valence-corrected chi connectivity index (χ0v) is 10.5. The Hall–Kier alpha value is -0.0900. The van der Waals surface area contributed by atoms with Crippen molar-refractivity contribution in [1.82, 2.24) is 5.32 Å². The van der Waals surface area contributed by atoms with Crippen LogP contribution < -0.4 is 5.32 Å². The van der Waals surface area contributed by atoms with Gasteiger partial charge in [-0.2, -0.15) is 0 Å². The highest BCUT2D eigenvalue weighted by molar-refractivity contribution is 7.92. The molecule has 2 atom stereocenters. The Morgan fingerprint density at radius 3 is 2.21 bits per heavy atom. The van der Waals surface area contributed by atoms with E-state index in [-0.39, 0.29) is 11.3 Å². The number of rotatable bonds is 7. The summed E-state index contributed by atoms with van der Waals surface area (Å²) in [4.78, 5) is 0. The summed E-state index contributed by atoms with van der Waals surface area (Å²) in [5.74, 6) is 0.320. The number of sulfone groups is 1. The first-order valence-electron chi connectivity index (χ1n) is 5.40. The van der Waals surface area contributed by atoms with Crippen LogP contribution >= 0.6 is 0 Å². The lowest BCUT2D eigenvalue weighted by molar-refractivity contribution is 0.519. The van der Waals surface area contributed by atoms with E-state index in [0.29, 0.717) is 5.75 Å². The van der Waals surface area contributed by atoms with Crippen molar-refractivity contribution in [3.05, 3.63) is 0 Å². The third kappa shape index (κ3) is 4.42. The lowest BCUT2D eigenvalue weighted by atomic mass is 10.2. The molecular weight excluding hydrogens is 198 g/mol. The highest BCUT2D eigenvalue weighted by Gasteiger charge is 2.24. The summed E-state index contributed by atoms with van der Waals surface area (Å²) >= 11 is 0. The fourth-order valence-corrected chi connectivity index (χ4v) is 3.11.